The van der Waals surface area contributed by atoms with Gasteiger partial charge in [0.2, 0.25) is 5.76 Å². The summed E-state index contributed by atoms with van der Waals surface area (Å²) in [7, 11) is 1.63. The third kappa shape index (κ3) is 2.96. The molecule has 0 N–H and O–H groups in total. The number of carbonyl (C=O) groups excluding carboxylic acids is 1. The minimum absolute atomic E-state index is 0.105. The quantitative estimate of drug-likeness (QED) is 0.734. The third-order valence-electron chi connectivity index (χ3n) is 3.01. The standard InChI is InChI=1S/C14H12ClN3O3S/c1-20-7-6-18-10-3-2-9(15)8-12(10)22-14(18)17-13(19)11-4-5-16-21-11/h2-5,8H,6-7H2,1H3. The van der Waals surface area contributed by atoms with E-state index in [0.717, 1.165) is 10.2 Å². The SMILES string of the molecule is COCCn1c(=NC(=O)c2ccno2)sc2cc(Cl)ccc21. The van der Waals surface area contributed by atoms with Gasteiger partial charge in [-0.3, -0.25) is 4.79 Å². The Labute approximate surface area is 134 Å². The molecule has 8 heteroatoms. The van der Waals surface area contributed by atoms with Crippen LogP contribution in [0.2, 0.25) is 5.02 Å². The summed E-state index contributed by atoms with van der Waals surface area (Å²) in [5.41, 5.74) is 0.954. The Morgan fingerprint density at radius 1 is 1.50 bits per heavy atom. The molecule has 0 bridgehead atoms. The Bertz CT molecular complexity index is 867. The third-order valence-corrected chi connectivity index (χ3v) is 4.29. The maximum Gasteiger partial charge on any atom is 0.318 e. The van der Waals surface area contributed by atoms with Crippen molar-refractivity contribution in [3.8, 4) is 0 Å². The minimum atomic E-state index is -0.471. The van der Waals surface area contributed by atoms with Gasteiger partial charge < -0.3 is 13.8 Å². The van der Waals surface area contributed by atoms with Crippen LogP contribution in [0.15, 0.2) is 40.0 Å². The van der Waals surface area contributed by atoms with E-state index in [1.165, 1.54) is 23.6 Å². The molecule has 3 rings (SSSR count). The normalized spacial score (nSPS) is 12.2. The van der Waals surface area contributed by atoms with E-state index in [-0.39, 0.29) is 5.76 Å². The van der Waals surface area contributed by atoms with Crippen molar-refractivity contribution in [2.75, 3.05) is 13.7 Å². The first-order valence-electron chi connectivity index (χ1n) is 6.46. The van der Waals surface area contributed by atoms with Gasteiger partial charge in [-0.1, -0.05) is 28.1 Å². The number of hydrogen-bond acceptors (Lipinski definition) is 5. The molecule has 1 amide bonds. The number of thiazole rings is 1. The van der Waals surface area contributed by atoms with Gasteiger partial charge in [0.1, 0.15) is 0 Å². The van der Waals surface area contributed by atoms with Crippen LogP contribution in [0.1, 0.15) is 10.6 Å². The van der Waals surface area contributed by atoms with Crippen LogP contribution in [0, 0.1) is 0 Å². The number of fused-ring (bicyclic) bond motifs is 1. The second kappa shape index (κ2) is 6.43. The Kier molecular flexibility index (Phi) is 4.37. The summed E-state index contributed by atoms with van der Waals surface area (Å²) in [6.45, 7) is 1.10. The number of amides is 1. The average molecular weight is 338 g/mol. The highest BCUT2D eigenvalue weighted by Gasteiger charge is 2.11. The fourth-order valence-corrected chi connectivity index (χ4v) is 3.33. The summed E-state index contributed by atoms with van der Waals surface area (Å²) in [4.78, 5) is 16.8. The lowest BCUT2D eigenvalue weighted by molar-refractivity contribution is 0.0962. The molecule has 0 saturated heterocycles. The highest BCUT2D eigenvalue weighted by atomic mass is 35.5. The summed E-state index contributed by atoms with van der Waals surface area (Å²) in [6, 6.07) is 7.04. The maximum atomic E-state index is 12.1. The molecule has 0 aliphatic heterocycles. The minimum Gasteiger partial charge on any atom is -0.383 e. The Morgan fingerprint density at radius 3 is 3.09 bits per heavy atom. The van der Waals surface area contributed by atoms with Crippen LogP contribution in [0.4, 0.5) is 0 Å². The topological polar surface area (TPSA) is 69.6 Å². The first-order valence-corrected chi connectivity index (χ1v) is 7.66. The van der Waals surface area contributed by atoms with E-state index in [0.29, 0.717) is 23.0 Å². The van der Waals surface area contributed by atoms with Gasteiger partial charge >= 0.3 is 5.91 Å². The molecule has 6 nitrogen and oxygen atoms in total. The zero-order valence-electron chi connectivity index (χ0n) is 11.7. The van der Waals surface area contributed by atoms with Crippen molar-refractivity contribution in [2.45, 2.75) is 6.54 Å². The largest absolute Gasteiger partial charge is 0.383 e. The van der Waals surface area contributed by atoms with Gasteiger partial charge in [-0.15, -0.1) is 0 Å². The lowest BCUT2D eigenvalue weighted by Crippen LogP contribution is -2.19. The molecule has 114 valence electrons. The monoisotopic (exact) mass is 337 g/mol. The second-order valence-electron chi connectivity index (χ2n) is 4.43. The molecule has 0 saturated carbocycles. The molecule has 0 fully saturated rings. The van der Waals surface area contributed by atoms with Crippen LogP contribution in [0.5, 0.6) is 0 Å². The summed E-state index contributed by atoms with van der Waals surface area (Å²) >= 11 is 7.41. The molecule has 0 atom stereocenters. The number of methoxy groups -OCH3 is 1. The van der Waals surface area contributed by atoms with Gasteiger partial charge in [-0.05, 0) is 18.2 Å². The Hall–Kier alpha value is -1.96. The van der Waals surface area contributed by atoms with E-state index in [1.54, 1.807) is 7.11 Å². The van der Waals surface area contributed by atoms with E-state index in [2.05, 4.69) is 10.1 Å². The number of nitrogens with zero attached hydrogens (tertiary/aromatic N) is 3. The van der Waals surface area contributed by atoms with E-state index in [4.69, 9.17) is 20.9 Å². The molecule has 1 aromatic carbocycles. The van der Waals surface area contributed by atoms with Crippen LogP contribution in [0.25, 0.3) is 10.2 Å². The molecule has 2 aromatic heterocycles. The van der Waals surface area contributed by atoms with E-state index in [1.807, 2.05) is 22.8 Å². The predicted molar refractivity (Wildman–Crippen MR) is 83.1 cm³/mol. The number of benzene rings is 1. The number of hydrogen-bond donors (Lipinski definition) is 0. The van der Waals surface area contributed by atoms with E-state index < -0.39 is 5.91 Å². The molecule has 0 unspecified atom stereocenters. The van der Waals surface area contributed by atoms with Crippen LogP contribution in [0.3, 0.4) is 0 Å². The lowest BCUT2D eigenvalue weighted by atomic mass is 10.3. The molecule has 0 aliphatic carbocycles. The molecule has 0 aliphatic rings. The zero-order valence-corrected chi connectivity index (χ0v) is 13.2. The number of halogens is 1. The number of rotatable bonds is 4. The van der Waals surface area contributed by atoms with E-state index in [9.17, 15) is 4.79 Å². The summed E-state index contributed by atoms with van der Waals surface area (Å²) in [5.74, 6) is -0.366. The average Bonchev–Trinajstić information content (AvgIpc) is 3.12. The van der Waals surface area contributed by atoms with Gasteiger partial charge in [0, 0.05) is 24.7 Å². The highest BCUT2D eigenvalue weighted by molar-refractivity contribution is 7.16. The first-order chi connectivity index (χ1) is 10.7. The molecule has 3 aromatic rings. The van der Waals surface area contributed by atoms with Crippen molar-refractivity contribution < 1.29 is 14.1 Å². The maximum absolute atomic E-state index is 12.1. The Balaban J connectivity index is 2.12. The van der Waals surface area contributed by atoms with Gasteiger partial charge in [-0.25, -0.2) is 0 Å². The molecule has 2 heterocycles. The van der Waals surface area contributed by atoms with Crippen molar-refractivity contribution in [1.29, 1.82) is 0 Å². The molecule has 0 spiro atoms. The fraction of sp³-hybridized carbons (Fsp3) is 0.214. The van der Waals surface area contributed by atoms with Gasteiger partial charge in [0.05, 0.1) is 23.0 Å². The van der Waals surface area contributed by atoms with Gasteiger partial charge in [0.25, 0.3) is 0 Å². The number of aromatic nitrogens is 2. The van der Waals surface area contributed by atoms with E-state index >= 15 is 0 Å². The zero-order chi connectivity index (χ0) is 15.5. The number of carbonyl (C=O) groups is 1. The van der Waals surface area contributed by atoms with Gasteiger partial charge in [0.15, 0.2) is 4.80 Å². The summed E-state index contributed by atoms with van der Waals surface area (Å²) in [6.07, 6.45) is 1.41. The molecular weight excluding hydrogens is 326 g/mol. The van der Waals surface area contributed by atoms with Crippen LogP contribution >= 0.6 is 22.9 Å². The van der Waals surface area contributed by atoms with Crippen molar-refractivity contribution in [3.05, 3.63) is 46.0 Å². The van der Waals surface area contributed by atoms with Crippen molar-refractivity contribution in [2.24, 2.45) is 4.99 Å². The second-order valence-corrected chi connectivity index (χ2v) is 5.88. The first kappa shape index (κ1) is 15.0. The fourth-order valence-electron chi connectivity index (χ4n) is 2.00. The molecular formula is C14H12ClN3O3S. The predicted octanol–water partition coefficient (Wildman–Crippen LogP) is 2.73. The molecule has 22 heavy (non-hydrogen) atoms. The van der Waals surface area contributed by atoms with Crippen LogP contribution in [-0.2, 0) is 11.3 Å². The van der Waals surface area contributed by atoms with Crippen molar-refractivity contribution in [1.82, 2.24) is 9.72 Å². The van der Waals surface area contributed by atoms with Gasteiger partial charge in [-0.2, -0.15) is 4.99 Å². The molecule has 0 radical (unpaired) electrons. The van der Waals surface area contributed by atoms with Crippen LogP contribution in [-0.4, -0.2) is 29.3 Å². The van der Waals surface area contributed by atoms with Crippen molar-refractivity contribution >= 4 is 39.1 Å². The van der Waals surface area contributed by atoms with Crippen LogP contribution < -0.4 is 4.80 Å². The Morgan fingerprint density at radius 2 is 2.36 bits per heavy atom. The highest BCUT2D eigenvalue weighted by Crippen LogP contribution is 2.22. The summed E-state index contributed by atoms with van der Waals surface area (Å²) < 4.78 is 12.8. The lowest BCUT2D eigenvalue weighted by Gasteiger charge is -2.03. The number of ether oxygens (including phenoxy) is 1. The summed E-state index contributed by atoms with van der Waals surface area (Å²) in [5, 5.41) is 4.15. The smallest absolute Gasteiger partial charge is 0.318 e. The van der Waals surface area contributed by atoms with Crippen molar-refractivity contribution in [3.63, 3.8) is 0 Å².